The molecule has 0 heterocycles. The number of methoxy groups -OCH3 is 1. The van der Waals surface area contributed by atoms with Gasteiger partial charge in [-0.05, 0) is 37.1 Å². The van der Waals surface area contributed by atoms with Crippen LogP contribution in [0.1, 0.15) is 31.0 Å². The predicted octanol–water partition coefficient (Wildman–Crippen LogP) is 4.45. The van der Waals surface area contributed by atoms with E-state index in [1.54, 1.807) is 7.11 Å². The Morgan fingerprint density at radius 2 is 1.90 bits per heavy atom. The van der Waals surface area contributed by atoms with Gasteiger partial charge in [-0.3, -0.25) is 0 Å². The molecule has 1 N–H and O–H groups in total. The molecule has 0 spiro atoms. The highest BCUT2D eigenvalue weighted by Crippen LogP contribution is 2.19. The molecule has 0 fully saturated rings. The number of hydrogen-bond donors (Lipinski definition) is 1. The van der Waals surface area contributed by atoms with Gasteiger partial charge in [0, 0.05) is 12.6 Å². The lowest BCUT2D eigenvalue weighted by atomic mass is 10.1. The summed E-state index contributed by atoms with van der Waals surface area (Å²) in [6, 6.07) is 18.9. The molecule has 0 aliphatic heterocycles. The molecule has 0 saturated carbocycles. The molecule has 0 aliphatic rings. The third kappa shape index (κ3) is 4.76. The molecule has 0 saturated heterocycles. The van der Waals surface area contributed by atoms with Crippen molar-refractivity contribution in [3.05, 3.63) is 71.3 Å². The van der Waals surface area contributed by atoms with Gasteiger partial charge in [0.2, 0.25) is 0 Å². The van der Waals surface area contributed by atoms with E-state index >= 15 is 0 Å². The van der Waals surface area contributed by atoms with Crippen LogP contribution in [0.2, 0.25) is 0 Å². The normalized spacial score (nSPS) is 13.0. The van der Waals surface area contributed by atoms with Gasteiger partial charge in [-0.25, -0.2) is 0 Å². The second-order valence-corrected chi connectivity index (χ2v) is 5.28. The first-order valence-electron chi connectivity index (χ1n) is 7.28. The van der Waals surface area contributed by atoms with Crippen LogP contribution in [-0.2, 0) is 0 Å². The van der Waals surface area contributed by atoms with Crippen molar-refractivity contribution in [1.29, 1.82) is 0 Å². The number of ether oxygens (including phenoxy) is 1. The highest BCUT2D eigenvalue weighted by atomic mass is 16.5. The quantitative estimate of drug-likeness (QED) is 0.844. The Balaban J connectivity index is 1.94. The van der Waals surface area contributed by atoms with Crippen molar-refractivity contribution in [3.8, 4) is 5.75 Å². The molecule has 1 unspecified atom stereocenters. The fourth-order valence-corrected chi connectivity index (χ4v) is 2.23. The van der Waals surface area contributed by atoms with E-state index in [2.05, 4.69) is 61.6 Å². The molecule has 2 nitrogen and oxygen atoms in total. The zero-order chi connectivity index (χ0) is 15.1. The van der Waals surface area contributed by atoms with Gasteiger partial charge in [0.15, 0.2) is 0 Å². The van der Waals surface area contributed by atoms with Crippen LogP contribution >= 0.6 is 0 Å². The molecule has 2 aromatic rings. The van der Waals surface area contributed by atoms with Crippen LogP contribution in [0.3, 0.4) is 0 Å². The first-order valence-corrected chi connectivity index (χ1v) is 7.28. The summed E-state index contributed by atoms with van der Waals surface area (Å²) in [5.74, 6) is 0.901. The standard InChI is InChI=1S/C19H23NO/c1-15(12-17-8-5-4-6-9-17)14-20-16(2)18-10-7-11-19(13-18)21-3/h4-13,16,20H,14H2,1-3H3/b15-12+. The molecule has 0 aliphatic carbocycles. The molecule has 0 aromatic heterocycles. The predicted molar refractivity (Wildman–Crippen MR) is 89.5 cm³/mol. The van der Waals surface area contributed by atoms with Crippen LogP contribution in [0.5, 0.6) is 5.75 Å². The topological polar surface area (TPSA) is 21.3 Å². The fraction of sp³-hybridized carbons (Fsp3) is 0.263. The third-order valence-electron chi connectivity index (χ3n) is 3.49. The molecule has 1 atom stereocenters. The van der Waals surface area contributed by atoms with Crippen LogP contribution < -0.4 is 10.1 Å². The summed E-state index contributed by atoms with van der Waals surface area (Å²) in [6.07, 6.45) is 2.21. The van der Waals surface area contributed by atoms with Crippen molar-refractivity contribution in [2.24, 2.45) is 0 Å². The summed E-state index contributed by atoms with van der Waals surface area (Å²) in [5.41, 5.74) is 3.80. The largest absolute Gasteiger partial charge is 0.497 e. The van der Waals surface area contributed by atoms with Gasteiger partial charge < -0.3 is 10.1 Å². The molecule has 0 amide bonds. The van der Waals surface area contributed by atoms with Gasteiger partial charge in [-0.1, -0.05) is 54.1 Å². The molecule has 0 bridgehead atoms. The Hall–Kier alpha value is -2.06. The molecule has 2 heteroatoms. The lowest BCUT2D eigenvalue weighted by Gasteiger charge is -2.15. The number of rotatable bonds is 6. The minimum Gasteiger partial charge on any atom is -0.497 e. The average molecular weight is 281 g/mol. The molecule has 0 radical (unpaired) electrons. The molecule has 21 heavy (non-hydrogen) atoms. The van der Waals surface area contributed by atoms with E-state index in [1.165, 1.54) is 16.7 Å². The van der Waals surface area contributed by atoms with E-state index in [9.17, 15) is 0 Å². The van der Waals surface area contributed by atoms with Gasteiger partial charge >= 0.3 is 0 Å². The zero-order valence-corrected chi connectivity index (χ0v) is 13.0. The lowest BCUT2D eigenvalue weighted by Crippen LogP contribution is -2.20. The van der Waals surface area contributed by atoms with E-state index in [0.29, 0.717) is 6.04 Å². The zero-order valence-electron chi connectivity index (χ0n) is 13.0. The van der Waals surface area contributed by atoms with Crippen LogP contribution in [0.25, 0.3) is 6.08 Å². The number of hydrogen-bond acceptors (Lipinski definition) is 2. The van der Waals surface area contributed by atoms with Crippen LogP contribution in [0, 0.1) is 0 Å². The Morgan fingerprint density at radius 1 is 1.14 bits per heavy atom. The average Bonchev–Trinajstić information content (AvgIpc) is 2.53. The Bertz CT molecular complexity index is 590. The summed E-state index contributed by atoms with van der Waals surface area (Å²) in [4.78, 5) is 0. The van der Waals surface area contributed by atoms with Crippen molar-refractivity contribution in [1.82, 2.24) is 5.32 Å². The minimum atomic E-state index is 0.291. The summed E-state index contributed by atoms with van der Waals surface area (Å²) < 4.78 is 5.27. The van der Waals surface area contributed by atoms with Gasteiger partial charge in [0.05, 0.1) is 7.11 Å². The highest BCUT2D eigenvalue weighted by Gasteiger charge is 2.05. The van der Waals surface area contributed by atoms with E-state index in [0.717, 1.165) is 12.3 Å². The van der Waals surface area contributed by atoms with Crippen molar-refractivity contribution in [2.45, 2.75) is 19.9 Å². The molecule has 2 rings (SSSR count). The Kier molecular flexibility index (Phi) is 5.59. The summed E-state index contributed by atoms with van der Waals surface area (Å²) in [6.45, 7) is 5.19. The van der Waals surface area contributed by atoms with Crippen LogP contribution in [0.4, 0.5) is 0 Å². The summed E-state index contributed by atoms with van der Waals surface area (Å²) in [7, 11) is 1.70. The van der Waals surface area contributed by atoms with E-state index in [-0.39, 0.29) is 0 Å². The summed E-state index contributed by atoms with van der Waals surface area (Å²) >= 11 is 0. The minimum absolute atomic E-state index is 0.291. The maximum Gasteiger partial charge on any atom is 0.119 e. The first kappa shape index (κ1) is 15.3. The fourth-order valence-electron chi connectivity index (χ4n) is 2.23. The van der Waals surface area contributed by atoms with E-state index < -0.39 is 0 Å². The molecule has 110 valence electrons. The Morgan fingerprint density at radius 3 is 2.62 bits per heavy atom. The van der Waals surface area contributed by atoms with Gasteiger partial charge in [-0.15, -0.1) is 0 Å². The molecular weight excluding hydrogens is 258 g/mol. The first-order chi connectivity index (χ1) is 10.2. The van der Waals surface area contributed by atoms with Crippen molar-refractivity contribution >= 4 is 6.08 Å². The molecular formula is C19H23NO. The van der Waals surface area contributed by atoms with Crippen molar-refractivity contribution in [3.63, 3.8) is 0 Å². The van der Waals surface area contributed by atoms with Gasteiger partial charge in [0.25, 0.3) is 0 Å². The maximum atomic E-state index is 5.27. The van der Waals surface area contributed by atoms with Crippen LogP contribution in [0.15, 0.2) is 60.2 Å². The number of benzene rings is 2. The van der Waals surface area contributed by atoms with Gasteiger partial charge in [-0.2, -0.15) is 0 Å². The van der Waals surface area contributed by atoms with E-state index in [4.69, 9.17) is 4.74 Å². The van der Waals surface area contributed by atoms with Gasteiger partial charge in [0.1, 0.15) is 5.75 Å². The summed E-state index contributed by atoms with van der Waals surface area (Å²) in [5, 5.41) is 3.55. The monoisotopic (exact) mass is 281 g/mol. The number of nitrogens with one attached hydrogen (secondary N) is 1. The highest BCUT2D eigenvalue weighted by molar-refractivity contribution is 5.52. The Labute approximate surface area is 127 Å². The maximum absolute atomic E-state index is 5.27. The molecule has 2 aromatic carbocycles. The van der Waals surface area contributed by atoms with E-state index in [1.807, 2.05) is 18.2 Å². The van der Waals surface area contributed by atoms with Crippen molar-refractivity contribution in [2.75, 3.05) is 13.7 Å². The second-order valence-electron chi connectivity index (χ2n) is 5.28. The third-order valence-corrected chi connectivity index (χ3v) is 3.49. The lowest BCUT2D eigenvalue weighted by molar-refractivity contribution is 0.413. The smallest absolute Gasteiger partial charge is 0.119 e. The second kappa shape index (κ2) is 7.65. The van der Waals surface area contributed by atoms with Crippen molar-refractivity contribution < 1.29 is 4.74 Å². The van der Waals surface area contributed by atoms with Crippen LogP contribution in [-0.4, -0.2) is 13.7 Å². The SMILES string of the molecule is COc1cccc(C(C)NC/C(C)=C/c2ccccc2)c1.